The van der Waals surface area contributed by atoms with Gasteiger partial charge in [0.15, 0.2) is 0 Å². The van der Waals surface area contributed by atoms with Crippen molar-refractivity contribution in [1.29, 1.82) is 0 Å². The average Bonchev–Trinajstić information content (AvgIpc) is 2.81. The summed E-state index contributed by atoms with van der Waals surface area (Å²) in [4.78, 5) is 11.1. The summed E-state index contributed by atoms with van der Waals surface area (Å²) < 4.78 is 35.7. The van der Waals surface area contributed by atoms with Crippen LogP contribution < -0.4 is 11.1 Å². The van der Waals surface area contributed by atoms with E-state index in [2.05, 4.69) is 5.32 Å². The number of hydrogen-bond donors (Lipinski definition) is 2. The molecule has 1 aliphatic carbocycles. The highest BCUT2D eigenvalue weighted by Gasteiger charge is 2.43. The van der Waals surface area contributed by atoms with Crippen LogP contribution in [-0.2, 0) is 4.79 Å². The summed E-state index contributed by atoms with van der Waals surface area (Å²) in [5.74, 6) is -0.776. The summed E-state index contributed by atoms with van der Waals surface area (Å²) in [7, 11) is 0. The van der Waals surface area contributed by atoms with E-state index in [1.54, 1.807) is 6.92 Å². The van der Waals surface area contributed by atoms with E-state index in [9.17, 15) is 18.0 Å². The van der Waals surface area contributed by atoms with Crippen molar-refractivity contribution in [3.05, 3.63) is 0 Å². The predicted octanol–water partition coefficient (Wildman–Crippen LogP) is 1.18. The van der Waals surface area contributed by atoms with Crippen LogP contribution in [0.5, 0.6) is 0 Å². The van der Waals surface area contributed by atoms with E-state index in [1.807, 2.05) is 0 Å². The molecule has 1 rings (SSSR count). The smallest absolute Gasteiger partial charge is 0.349 e. The fourth-order valence-corrected chi connectivity index (χ4v) is 1.58. The topological polar surface area (TPSA) is 55.1 Å². The molecule has 0 radical (unpaired) electrons. The Labute approximate surface area is 86.2 Å². The molecular weight excluding hydrogens is 209 g/mol. The molecule has 1 amide bonds. The lowest BCUT2D eigenvalue weighted by Gasteiger charge is -2.29. The third-order valence-electron chi connectivity index (χ3n) is 2.69. The van der Waals surface area contributed by atoms with Gasteiger partial charge in [-0.2, -0.15) is 13.2 Å². The van der Waals surface area contributed by atoms with E-state index in [0.29, 0.717) is 0 Å². The minimum atomic E-state index is -4.46. The van der Waals surface area contributed by atoms with Crippen LogP contribution in [0.15, 0.2) is 0 Å². The first-order valence-electron chi connectivity index (χ1n) is 4.85. The Morgan fingerprint density at radius 3 is 2.33 bits per heavy atom. The van der Waals surface area contributed by atoms with Crippen LogP contribution in [0.3, 0.4) is 0 Å². The second kappa shape index (κ2) is 4.00. The summed E-state index contributed by atoms with van der Waals surface area (Å²) in [6.07, 6.45) is -4.06. The van der Waals surface area contributed by atoms with E-state index in [-0.39, 0.29) is 12.5 Å². The maximum Gasteiger partial charge on any atom is 0.397 e. The average molecular weight is 224 g/mol. The number of amides is 1. The molecule has 3 N–H and O–H groups in total. The van der Waals surface area contributed by atoms with Gasteiger partial charge in [-0.05, 0) is 25.7 Å². The molecule has 1 aliphatic rings. The van der Waals surface area contributed by atoms with Gasteiger partial charge >= 0.3 is 6.18 Å². The molecule has 15 heavy (non-hydrogen) atoms. The van der Waals surface area contributed by atoms with Crippen molar-refractivity contribution >= 4 is 5.91 Å². The van der Waals surface area contributed by atoms with Crippen molar-refractivity contribution in [2.24, 2.45) is 11.7 Å². The van der Waals surface area contributed by atoms with Gasteiger partial charge in [-0.15, -0.1) is 0 Å². The van der Waals surface area contributed by atoms with Crippen LogP contribution in [0, 0.1) is 5.92 Å². The largest absolute Gasteiger partial charge is 0.397 e. The SMILES string of the molecule is CC(CN)(NC(=O)CC(F)(F)F)C1CC1. The standard InChI is InChI=1S/C9H15F3N2O/c1-8(5-13,6-2-3-6)14-7(15)4-9(10,11)12/h6H,2-5,13H2,1H3,(H,14,15). The first-order chi connectivity index (χ1) is 6.77. The Morgan fingerprint density at radius 1 is 1.47 bits per heavy atom. The van der Waals surface area contributed by atoms with Crippen LogP contribution in [0.2, 0.25) is 0 Å². The van der Waals surface area contributed by atoms with E-state index < -0.39 is 24.0 Å². The van der Waals surface area contributed by atoms with E-state index in [4.69, 9.17) is 5.73 Å². The van der Waals surface area contributed by atoms with Crippen LogP contribution in [0.25, 0.3) is 0 Å². The van der Waals surface area contributed by atoms with Gasteiger partial charge in [0.2, 0.25) is 5.91 Å². The Morgan fingerprint density at radius 2 is 2.00 bits per heavy atom. The van der Waals surface area contributed by atoms with Crippen LogP contribution in [0.1, 0.15) is 26.2 Å². The van der Waals surface area contributed by atoms with Crippen molar-refractivity contribution in [2.45, 2.75) is 37.9 Å². The Balaban J connectivity index is 2.48. The van der Waals surface area contributed by atoms with Gasteiger partial charge < -0.3 is 11.1 Å². The van der Waals surface area contributed by atoms with Crippen LogP contribution in [0.4, 0.5) is 13.2 Å². The zero-order valence-electron chi connectivity index (χ0n) is 8.53. The van der Waals surface area contributed by atoms with Gasteiger partial charge in [0.1, 0.15) is 6.42 Å². The second-order valence-electron chi connectivity index (χ2n) is 4.24. The third kappa shape index (κ3) is 3.70. The van der Waals surface area contributed by atoms with E-state index in [0.717, 1.165) is 12.8 Å². The Kier molecular flexibility index (Phi) is 3.28. The van der Waals surface area contributed by atoms with Gasteiger partial charge in [0.05, 0.1) is 5.54 Å². The maximum absolute atomic E-state index is 11.9. The van der Waals surface area contributed by atoms with Crippen molar-refractivity contribution in [3.63, 3.8) is 0 Å². The Hall–Kier alpha value is -0.780. The lowest BCUT2D eigenvalue weighted by atomic mass is 9.96. The summed E-state index contributed by atoms with van der Waals surface area (Å²) in [6, 6.07) is 0. The lowest BCUT2D eigenvalue weighted by molar-refractivity contribution is -0.155. The molecule has 0 saturated heterocycles. The van der Waals surface area contributed by atoms with Crippen molar-refractivity contribution in [3.8, 4) is 0 Å². The fourth-order valence-electron chi connectivity index (χ4n) is 1.58. The van der Waals surface area contributed by atoms with E-state index in [1.165, 1.54) is 0 Å². The highest BCUT2D eigenvalue weighted by Crippen LogP contribution is 2.39. The summed E-state index contributed by atoms with van der Waals surface area (Å²) in [6.45, 7) is 1.86. The fraction of sp³-hybridized carbons (Fsp3) is 0.889. The zero-order chi connectivity index (χ0) is 11.7. The molecular formula is C9H15F3N2O. The molecule has 0 aromatic heterocycles. The highest BCUT2D eigenvalue weighted by molar-refractivity contribution is 5.77. The van der Waals surface area contributed by atoms with Gasteiger partial charge in [0.25, 0.3) is 0 Å². The van der Waals surface area contributed by atoms with Gasteiger partial charge in [-0.25, -0.2) is 0 Å². The number of hydrogen-bond acceptors (Lipinski definition) is 2. The molecule has 88 valence electrons. The molecule has 6 heteroatoms. The molecule has 1 unspecified atom stereocenters. The lowest BCUT2D eigenvalue weighted by Crippen LogP contribution is -2.53. The van der Waals surface area contributed by atoms with Crippen LogP contribution in [-0.4, -0.2) is 24.2 Å². The molecule has 1 fully saturated rings. The molecule has 1 atom stereocenters. The third-order valence-corrected chi connectivity index (χ3v) is 2.69. The molecule has 1 saturated carbocycles. The van der Waals surface area contributed by atoms with Gasteiger partial charge in [-0.1, -0.05) is 0 Å². The molecule has 0 spiro atoms. The number of nitrogens with one attached hydrogen (secondary N) is 1. The van der Waals surface area contributed by atoms with Crippen molar-refractivity contribution in [1.82, 2.24) is 5.32 Å². The molecule has 0 aromatic rings. The summed E-state index contributed by atoms with van der Waals surface area (Å²) in [5, 5.41) is 2.38. The second-order valence-corrected chi connectivity index (χ2v) is 4.24. The predicted molar refractivity (Wildman–Crippen MR) is 49.0 cm³/mol. The normalized spacial score (nSPS) is 20.9. The monoisotopic (exact) mass is 224 g/mol. The van der Waals surface area contributed by atoms with Crippen molar-refractivity contribution in [2.75, 3.05) is 6.54 Å². The molecule has 0 bridgehead atoms. The molecule has 0 aliphatic heterocycles. The first-order valence-corrected chi connectivity index (χ1v) is 4.85. The minimum absolute atomic E-state index is 0.168. The quantitative estimate of drug-likeness (QED) is 0.753. The van der Waals surface area contributed by atoms with Crippen molar-refractivity contribution < 1.29 is 18.0 Å². The minimum Gasteiger partial charge on any atom is -0.349 e. The molecule has 3 nitrogen and oxygen atoms in total. The zero-order valence-corrected chi connectivity index (χ0v) is 8.53. The molecule has 0 aromatic carbocycles. The molecule has 0 heterocycles. The van der Waals surface area contributed by atoms with E-state index >= 15 is 0 Å². The Bertz CT molecular complexity index is 250. The van der Waals surface area contributed by atoms with Crippen LogP contribution >= 0.6 is 0 Å². The number of alkyl halides is 3. The number of rotatable bonds is 4. The first kappa shape index (κ1) is 12.3. The highest BCUT2D eigenvalue weighted by atomic mass is 19.4. The maximum atomic E-state index is 11.9. The number of carbonyl (C=O) groups excluding carboxylic acids is 1. The number of nitrogens with two attached hydrogens (primary N) is 1. The van der Waals surface area contributed by atoms with Gasteiger partial charge in [-0.3, -0.25) is 4.79 Å². The summed E-state index contributed by atoms with van der Waals surface area (Å²) in [5.41, 5.74) is 4.79. The number of carbonyl (C=O) groups is 1. The summed E-state index contributed by atoms with van der Waals surface area (Å²) >= 11 is 0. The number of halogens is 3. The van der Waals surface area contributed by atoms with Gasteiger partial charge in [0, 0.05) is 6.54 Å².